The van der Waals surface area contributed by atoms with Gasteiger partial charge >= 0.3 is 0 Å². The highest BCUT2D eigenvalue weighted by Crippen LogP contribution is 2.22. The van der Waals surface area contributed by atoms with Crippen LogP contribution in [-0.2, 0) is 18.3 Å². The molecule has 0 bridgehead atoms. The van der Waals surface area contributed by atoms with E-state index in [-0.39, 0.29) is 5.91 Å². The number of hydrogen-bond donors (Lipinski definition) is 2. The first-order chi connectivity index (χ1) is 11.9. The standard InChI is InChI=1S/C18H23N5O2/c1-6-16-20-14-9-13(7-8-15(14)25-16)19-11(3)18(24)21-17-10(2)22-23(5)12(17)4/h7-9,11,19H,6H2,1-5H3,(H,21,24)/t11-/m1/s1. The summed E-state index contributed by atoms with van der Waals surface area (Å²) in [6, 6.07) is 5.23. The van der Waals surface area contributed by atoms with Gasteiger partial charge in [0.25, 0.3) is 0 Å². The highest BCUT2D eigenvalue weighted by molar-refractivity contribution is 5.97. The monoisotopic (exact) mass is 341 g/mol. The van der Waals surface area contributed by atoms with Crippen molar-refractivity contribution in [3.8, 4) is 0 Å². The molecule has 2 aromatic heterocycles. The second-order valence-corrected chi connectivity index (χ2v) is 6.17. The minimum absolute atomic E-state index is 0.117. The van der Waals surface area contributed by atoms with E-state index in [4.69, 9.17) is 4.42 Å². The SMILES string of the molecule is CCc1nc2cc(N[C@H](C)C(=O)Nc3c(C)nn(C)c3C)ccc2o1. The fraction of sp³-hybridized carbons (Fsp3) is 0.389. The predicted octanol–water partition coefficient (Wildman–Crippen LogP) is 3.18. The molecule has 3 rings (SSSR count). The number of fused-ring (bicyclic) bond motifs is 1. The molecule has 0 unspecified atom stereocenters. The lowest BCUT2D eigenvalue weighted by atomic mass is 10.2. The number of carbonyl (C=O) groups excluding carboxylic acids is 1. The van der Waals surface area contributed by atoms with Crippen molar-refractivity contribution in [3.05, 3.63) is 35.5 Å². The summed E-state index contributed by atoms with van der Waals surface area (Å²) in [6.07, 6.45) is 0.750. The molecule has 25 heavy (non-hydrogen) atoms. The van der Waals surface area contributed by atoms with E-state index in [1.165, 1.54) is 0 Å². The summed E-state index contributed by atoms with van der Waals surface area (Å²) in [7, 11) is 1.86. The topological polar surface area (TPSA) is 85.0 Å². The van der Waals surface area contributed by atoms with Gasteiger partial charge in [-0.3, -0.25) is 9.48 Å². The average molecular weight is 341 g/mol. The van der Waals surface area contributed by atoms with Gasteiger partial charge < -0.3 is 15.1 Å². The van der Waals surface area contributed by atoms with E-state index in [1.54, 1.807) is 4.68 Å². The number of amides is 1. The molecule has 0 spiro atoms. The minimum Gasteiger partial charge on any atom is -0.441 e. The minimum atomic E-state index is -0.408. The van der Waals surface area contributed by atoms with Crippen molar-refractivity contribution < 1.29 is 9.21 Å². The van der Waals surface area contributed by atoms with Gasteiger partial charge in [0.1, 0.15) is 11.6 Å². The molecule has 7 nitrogen and oxygen atoms in total. The number of nitrogens with one attached hydrogen (secondary N) is 2. The molecule has 7 heteroatoms. The second kappa shape index (κ2) is 6.58. The smallest absolute Gasteiger partial charge is 0.246 e. The summed E-state index contributed by atoms with van der Waals surface area (Å²) in [5, 5.41) is 10.5. The Kier molecular flexibility index (Phi) is 4.48. The quantitative estimate of drug-likeness (QED) is 0.744. The normalized spacial score (nSPS) is 12.4. The highest BCUT2D eigenvalue weighted by Gasteiger charge is 2.18. The number of carbonyl (C=O) groups is 1. The fourth-order valence-corrected chi connectivity index (χ4v) is 2.72. The Morgan fingerprint density at radius 2 is 2.12 bits per heavy atom. The van der Waals surface area contributed by atoms with Crippen molar-refractivity contribution in [2.24, 2.45) is 7.05 Å². The molecule has 0 saturated carbocycles. The summed E-state index contributed by atoms with van der Waals surface area (Å²) in [6.45, 7) is 7.63. The Hall–Kier alpha value is -2.83. The number of aryl methyl sites for hydroxylation is 3. The number of oxazole rings is 1. The van der Waals surface area contributed by atoms with E-state index in [9.17, 15) is 4.79 Å². The molecular formula is C18H23N5O2. The van der Waals surface area contributed by atoms with E-state index in [0.29, 0.717) is 5.89 Å². The average Bonchev–Trinajstić information content (AvgIpc) is 3.10. The van der Waals surface area contributed by atoms with E-state index < -0.39 is 6.04 Å². The number of benzene rings is 1. The van der Waals surface area contributed by atoms with Crippen LogP contribution < -0.4 is 10.6 Å². The van der Waals surface area contributed by atoms with Crippen molar-refractivity contribution in [2.75, 3.05) is 10.6 Å². The van der Waals surface area contributed by atoms with Crippen molar-refractivity contribution in [1.29, 1.82) is 0 Å². The van der Waals surface area contributed by atoms with Gasteiger partial charge in [0, 0.05) is 19.2 Å². The number of hydrogen-bond acceptors (Lipinski definition) is 5. The van der Waals surface area contributed by atoms with Gasteiger partial charge in [0.2, 0.25) is 5.91 Å². The van der Waals surface area contributed by atoms with Crippen molar-refractivity contribution in [3.63, 3.8) is 0 Å². The Bertz CT molecular complexity index is 925. The molecule has 1 aromatic carbocycles. The molecule has 0 radical (unpaired) electrons. The van der Waals surface area contributed by atoms with Crippen LogP contribution in [0.1, 0.15) is 31.1 Å². The summed E-state index contributed by atoms with van der Waals surface area (Å²) < 4.78 is 7.36. The lowest BCUT2D eigenvalue weighted by molar-refractivity contribution is -0.116. The third kappa shape index (κ3) is 3.35. The van der Waals surface area contributed by atoms with Gasteiger partial charge in [-0.05, 0) is 39.0 Å². The Balaban J connectivity index is 1.72. The zero-order valence-corrected chi connectivity index (χ0v) is 15.2. The Labute approximate surface area is 146 Å². The maximum Gasteiger partial charge on any atom is 0.246 e. The van der Waals surface area contributed by atoms with Crippen LogP contribution in [0.15, 0.2) is 22.6 Å². The first-order valence-electron chi connectivity index (χ1n) is 8.36. The number of nitrogens with zero attached hydrogens (tertiary/aromatic N) is 3. The maximum absolute atomic E-state index is 12.5. The number of rotatable bonds is 5. The van der Waals surface area contributed by atoms with E-state index in [2.05, 4.69) is 20.7 Å². The van der Waals surface area contributed by atoms with Crippen molar-refractivity contribution in [1.82, 2.24) is 14.8 Å². The summed E-state index contributed by atoms with van der Waals surface area (Å²) in [4.78, 5) is 16.9. The zero-order chi connectivity index (χ0) is 18.1. The van der Waals surface area contributed by atoms with E-state index in [0.717, 1.165) is 40.3 Å². The number of anilines is 2. The molecule has 0 aliphatic carbocycles. The predicted molar refractivity (Wildman–Crippen MR) is 97.8 cm³/mol. The van der Waals surface area contributed by atoms with Gasteiger partial charge in [-0.2, -0.15) is 5.10 Å². The van der Waals surface area contributed by atoms with Crippen molar-refractivity contribution in [2.45, 2.75) is 40.2 Å². The van der Waals surface area contributed by atoms with Crippen LogP contribution in [0.25, 0.3) is 11.1 Å². The third-order valence-electron chi connectivity index (χ3n) is 4.27. The lowest BCUT2D eigenvalue weighted by Crippen LogP contribution is -2.32. The zero-order valence-electron chi connectivity index (χ0n) is 15.2. The van der Waals surface area contributed by atoms with Gasteiger partial charge in [0.15, 0.2) is 11.5 Å². The molecule has 0 fully saturated rings. The molecule has 1 amide bonds. The molecule has 132 valence electrons. The van der Waals surface area contributed by atoms with Crippen LogP contribution in [0.5, 0.6) is 0 Å². The van der Waals surface area contributed by atoms with Gasteiger partial charge in [0.05, 0.1) is 17.1 Å². The number of aromatic nitrogens is 3. The van der Waals surface area contributed by atoms with Crippen LogP contribution in [0.3, 0.4) is 0 Å². The second-order valence-electron chi connectivity index (χ2n) is 6.17. The first-order valence-corrected chi connectivity index (χ1v) is 8.36. The molecule has 0 saturated heterocycles. The molecular weight excluding hydrogens is 318 g/mol. The van der Waals surface area contributed by atoms with Gasteiger partial charge in [-0.1, -0.05) is 6.92 Å². The van der Waals surface area contributed by atoms with Crippen molar-refractivity contribution >= 4 is 28.4 Å². The first kappa shape index (κ1) is 17.0. The summed E-state index contributed by atoms with van der Waals surface area (Å²) in [5.74, 6) is 0.592. The fourth-order valence-electron chi connectivity index (χ4n) is 2.72. The van der Waals surface area contributed by atoms with E-state index in [1.807, 2.05) is 52.9 Å². The molecule has 0 aliphatic rings. The Morgan fingerprint density at radius 1 is 1.36 bits per heavy atom. The maximum atomic E-state index is 12.5. The van der Waals surface area contributed by atoms with Crippen LogP contribution in [-0.4, -0.2) is 26.7 Å². The molecule has 1 atom stereocenters. The van der Waals surface area contributed by atoms with Crippen LogP contribution >= 0.6 is 0 Å². The van der Waals surface area contributed by atoms with Crippen LogP contribution in [0, 0.1) is 13.8 Å². The molecule has 3 aromatic rings. The summed E-state index contributed by atoms with van der Waals surface area (Å²) in [5.41, 5.74) is 4.85. The third-order valence-corrected chi connectivity index (χ3v) is 4.27. The van der Waals surface area contributed by atoms with Gasteiger partial charge in [-0.25, -0.2) is 4.98 Å². The Morgan fingerprint density at radius 3 is 2.76 bits per heavy atom. The van der Waals surface area contributed by atoms with Crippen LogP contribution in [0.2, 0.25) is 0 Å². The largest absolute Gasteiger partial charge is 0.441 e. The highest BCUT2D eigenvalue weighted by atomic mass is 16.3. The lowest BCUT2D eigenvalue weighted by Gasteiger charge is -2.15. The van der Waals surface area contributed by atoms with E-state index >= 15 is 0 Å². The summed E-state index contributed by atoms with van der Waals surface area (Å²) >= 11 is 0. The van der Waals surface area contributed by atoms with Crippen LogP contribution in [0.4, 0.5) is 11.4 Å². The molecule has 2 N–H and O–H groups in total. The molecule has 0 aliphatic heterocycles. The molecule has 2 heterocycles. The van der Waals surface area contributed by atoms with Gasteiger partial charge in [-0.15, -0.1) is 0 Å².